The van der Waals surface area contributed by atoms with Crippen LogP contribution in [0, 0.1) is 0 Å². The number of carbonyl (C=O) groups excluding carboxylic acids is 2. The van der Waals surface area contributed by atoms with Crippen LogP contribution in [-0.4, -0.2) is 12.4 Å². The van der Waals surface area contributed by atoms with E-state index in [9.17, 15) is 9.59 Å². The molecular formula is C9H9NO3. The molecule has 0 radical (unpaired) electrons. The Kier molecular flexibility index (Phi) is 3.03. The van der Waals surface area contributed by atoms with Crippen molar-refractivity contribution in [3.63, 3.8) is 0 Å². The molecule has 1 unspecified atom stereocenters. The highest BCUT2D eigenvalue weighted by Gasteiger charge is 2.17. The standard InChI is InChI=1S/C9H9NO3/c10-9(12)8(13-6-11)7-4-2-1-3-5-7/h1-6,8H,(H2,10,12). The number of rotatable bonds is 4. The summed E-state index contributed by atoms with van der Waals surface area (Å²) in [7, 11) is 0. The number of hydrogen-bond donors (Lipinski definition) is 1. The summed E-state index contributed by atoms with van der Waals surface area (Å²) >= 11 is 0. The second kappa shape index (κ2) is 4.25. The molecule has 0 bridgehead atoms. The van der Waals surface area contributed by atoms with E-state index in [1.807, 2.05) is 0 Å². The molecule has 1 rings (SSSR count). The third-order valence-electron chi connectivity index (χ3n) is 1.55. The van der Waals surface area contributed by atoms with Gasteiger partial charge in [0.2, 0.25) is 6.10 Å². The van der Waals surface area contributed by atoms with Gasteiger partial charge in [0.05, 0.1) is 0 Å². The first kappa shape index (κ1) is 9.25. The fourth-order valence-corrected chi connectivity index (χ4v) is 0.993. The van der Waals surface area contributed by atoms with Crippen LogP contribution in [0.2, 0.25) is 0 Å². The molecular weight excluding hydrogens is 170 g/mol. The van der Waals surface area contributed by atoms with E-state index in [4.69, 9.17) is 5.73 Å². The largest absolute Gasteiger partial charge is 0.449 e. The number of ether oxygens (including phenoxy) is 1. The number of amides is 1. The molecule has 0 spiro atoms. The first-order valence-electron chi connectivity index (χ1n) is 3.69. The van der Waals surface area contributed by atoms with Gasteiger partial charge in [-0.15, -0.1) is 0 Å². The third-order valence-corrected chi connectivity index (χ3v) is 1.55. The van der Waals surface area contributed by atoms with Gasteiger partial charge in [0, 0.05) is 5.56 Å². The molecule has 0 aliphatic rings. The Labute approximate surface area is 75.3 Å². The van der Waals surface area contributed by atoms with Crippen molar-refractivity contribution in [1.29, 1.82) is 0 Å². The van der Waals surface area contributed by atoms with Gasteiger partial charge < -0.3 is 10.5 Å². The van der Waals surface area contributed by atoms with Crippen LogP contribution >= 0.6 is 0 Å². The third kappa shape index (κ3) is 2.30. The number of nitrogens with two attached hydrogens (primary N) is 1. The van der Waals surface area contributed by atoms with Crippen molar-refractivity contribution in [3.8, 4) is 0 Å². The van der Waals surface area contributed by atoms with Gasteiger partial charge in [-0.25, -0.2) is 0 Å². The normalized spacial score (nSPS) is 11.7. The Balaban J connectivity index is 2.88. The van der Waals surface area contributed by atoms with Crippen LogP contribution in [0.25, 0.3) is 0 Å². The molecule has 1 amide bonds. The minimum absolute atomic E-state index is 0.211. The van der Waals surface area contributed by atoms with Gasteiger partial charge >= 0.3 is 0 Å². The van der Waals surface area contributed by atoms with Gasteiger partial charge in [-0.2, -0.15) is 0 Å². The van der Waals surface area contributed by atoms with E-state index in [-0.39, 0.29) is 6.47 Å². The maximum absolute atomic E-state index is 10.8. The Morgan fingerprint density at radius 3 is 2.46 bits per heavy atom. The Hall–Kier alpha value is -1.84. The van der Waals surface area contributed by atoms with Crippen LogP contribution in [0.3, 0.4) is 0 Å². The highest BCUT2D eigenvalue weighted by atomic mass is 16.5. The van der Waals surface area contributed by atoms with Crippen molar-refractivity contribution in [2.24, 2.45) is 5.73 Å². The summed E-state index contributed by atoms with van der Waals surface area (Å²) < 4.78 is 4.53. The number of benzene rings is 1. The van der Waals surface area contributed by atoms with Crippen molar-refractivity contribution < 1.29 is 14.3 Å². The molecule has 0 saturated heterocycles. The number of carbonyl (C=O) groups is 2. The van der Waals surface area contributed by atoms with Crippen LogP contribution < -0.4 is 5.73 Å². The zero-order valence-corrected chi connectivity index (χ0v) is 6.84. The summed E-state index contributed by atoms with van der Waals surface area (Å²) in [6.07, 6.45) is -0.987. The monoisotopic (exact) mass is 179 g/mol. The summed E-state index contributed by atoms with van der Waals surface area (Å²) in [4.78, 5) is 20.9. The maximum atomic E-state index is 10.8. The fourth-order valence-electron chi connectivity index (χ4n) is 0.993. The van der Waals surface area contributed by atoms with Crippen molar-refractivity contribution in [3.05, 3.63) is 35.9 Å². The fraction of sp³-hybridized carbons (Fsp3) is 0.111. The van der Waals surface area contributed by atoms with Crippen molar-refractivity contribution in [2.45, 2.75) is 6.10 Å². The van der Waals surface area contributed by atoms with E-state index in [2.05, 4.69) is 4.74 Å². The Bertz CT molecular complexity index is 297. The lowest BCUT2D eigenvalue weighted by Crippen LogP contribution is -2.23. The Morgan fingerprint density at radius 1 is 1.38 bits per heavy atom. The SMILES string of the molecule is NC(=O)C(OC=O)c1ccccc1. The molecule has 4 nitrogen and oxygen atoms in total. The second-order valence-corrected chi connectivity index (χ2v) is 2.43. The molecule has 1 aromatic rings. The molecule has 1 aromatic carbocycles. The quantitative estimate of drug-likeness (QED) is 0.679. The second-order valence-electron chi connectivity index (χ2n) is 2.43. The predicted octanol–water partition coefficient (Wildman–Crippen LogP) is 0.386. The van der Waals surface area contributed by atoms with Crippen LogP contribution in [0.5, 0.6) is 0 Å². The topological polar surface area (TPSA) is 69.4 Å². The van der Waals surface area contributed by atoms with Gasteiger partial charge in [0.1, 0.15) is 0 Å². The first-order valence-corrected chi connectivity index (χ1v) is 3.69. The zero-order valence-electron chi connectivity index (χ0n) is 6.84. The van der Waals surface area contributed by atoms with E-state index < -0.39 is 12.0 Å². The van der Waals surface area contributed by atoms with Gasteiger partial charge in [-0.05, 0) is 0 Å². The van der Waals surface area contributed by atoms with Gasteiger partial charge in [0.15, 0.2) is 0 Å². The lowest BCUT2D eigenvalue weighted by atomic mass is 10.1. The predicted molar refractivity (Wildman–Crippen MR) is 45.5 cm³/mol. The van der Waals surface area contributed by atoms with Crippen LogP contribution in [0.1, 0.15) is 11.7 Å². The molecule has 1 atom stereocenters. The van der Waals surface area contributed by atoms with Gasteiger partial charge in [0.25, 0.3) is 12.4 Å². The lowest BCUT2D eigenvalue weighted by Gasteiger charge is -2.10. The van der Waals surface area contributed by atoms with E-state index in [0.717, 1.165) is 0 Å². The smallest absolute Gasteiger partial charge is 0.294 e. The summed E-state index contributed by atoms with van der Waals surface area (Å²) in [6, 6.07) is 8.60. The molecule has 0 aromatic heterocycles. The highest BCUT2D eigenvalue weighted by molar-refractivity contribution is 5.81. The molecule has 0 saturated carbocycles. The van der Waals surface area contributed by atoms with Crippen molar-refractivity contribution >= 4 is 12.4 Å². The minimum atomic E-state index is -0.987. The van der Waals surface area contributed by atoms with E-state index in [1.54, 1.807) is 30.3 Å². The molecule has 0 aliphatic heterocycles. The zero-order chi connectivity index (χ0) is 9.68. The first-order chi connectivity index (χ1) is 6.25. The van der Waals surface area contributed by atoms with E-state index in [0.29, 0.717) is 5.56 Å². The molecule has 0 aliphatic carbocycles. The molecule has 4 heteroatoms. The summed E-state index contributed by atoms with van der Waals surface area (Å²) in [5.41, 5.74) is 5.60. The van der Waals surface area contributed by atoms with Crippen molar-refractivity contribution in [2.75, 3.05) is 0 Å². The minimum Gasteiger partial charge on any atom is -0.449 e. The van der Waals surface area contributed by atoms with E-state index >= 15 is 0 Å². The van der Waals surface area contributed by atoms with Crippen LogP contribution in [-0.2, 0) is 14.3 Å². The average Bonchev–Trinajstić information content (AvgIpc) is 2.15. The molecule has 13 heavy (non-hydrogen) atoms. The molecule has 2 N–H and O–H groups in total. The summed E-state index contributed by atoms with van der Waals surface area (Å²) in [6.45, 7) is 0.211. The molecule has 0 fully saturated rings. The lowest BCUT2D eigenvalue weighted by molar-refractivity contribution is -0.143. The van der Waals surface area contributed by atoms with E-state index in [1.165, 1.54) is 0 Å². The van der Waals surface area contributed by atoms with Crippen molar-refractivity contribution in [1.82, 2.24) is 0 Å². The maximum Gasteiger partial charge on any atom is 0.294 e. The summed E-state index contributed by atoms with van der Waals surface area (Å²) in [5.74, 6) is -0.682. The van der Waals surface area contributed by atoms with Crippen LogP contribution in [0.15, 0.2) is 30.3 Å². The highest BCUT2D eigenvalue weighted by Crippen LogP contribution is 2.14. The number of hydrogen-bond acceptors (Lipinski definition) is 3. The molecule has 68 valence electrons. The summed E-state index contributed by atoms with van der Waals surface area (Å²) in [5, 5.41) is 0. The van der Waals surface area contributed by atoms with Gasteiger partial charge in [-0.1, -0.05) is 30.3 Å². The Morgan fingerprint density at radius 2 is 2.00 bits per heavy atom. The average molecular weight is 179 g/mol. The number of primary amides is 1. The van der Waals surface area contributed by atoms with Crippen LogP contribution in [0.4, 0.5) is 0 Å². The molecule has 0 heterocycles. The van der Waals surface area contributed by atoms with Gasteiger partial charge in [-0.3, -0.25) is 9.59 Å².